The molecule has 2 aromatic rings. The molecule has 0 aromatic heterocycles. The summed E-state index contributed by atoms with van der Waals surface area (Å²) >= 11 is 0. The summed E-state index contributed by atoms with van der Waals surface area (Å²) in [5, 5.41) is 2.79. The molecule has 0 saturated heterocycles. The number of hydrogen-bond acceptors (Lipinski definition) is 3. The molecule has 0 aliphatic heterocycles. The summed E-state index contributed by atoms with van der Waals surface area (Å²) in [5.74, 6) is 0.453. The molecule has 110 valence electrons. The quantitative estimate of drug-likeness (QED) is 0.887. The second-order valence-electron chi connectivity index (χ2n) is 5.06. The molecule has 0 saturated carbocycles. The Morgan fingerprint density at radius 2 is 1.95 bits per heavy atom. The van der Waals surface area contributed by atoms with Crippen LogP contribution in [-0.4, -0.2) is 12.5 Å². The lowest BCUT2D eigenvalue weighted by molar-refractivity contribution is -0.118. The number of benzene rings is 2. The number of anilines is 1. The van der Waals surface area contributed by atoms with Crippen LogP contribution in [0.4, 0.5) is 5.69 Å². The first-order valence-electron chi connectivity index (χ1n) is 6.89. The van der Waals surface area contributed by atoms with Crippen molar-refractivity contribution >= 4 is 11.6 Å². The molecule has 0 fully saturated rings. The van der Waals surface area contributed by atoms with Gasteiger partial charge in [-0.25, -0.2) is 0 Å². The summed E-state index contributed by atoms with van der Waals surface area (Å²) in [7, 11) is 0. The fourth-order valence-electron chi connectivity index (χ4n) is 1.87. The molecule has 0 heterocycles. The number of carbonyl (C=O) groups excluding carboxylic acids is 1. The van der Waals surface area contributed by atoms with Crippen molar-refractivity contribution in [2.24, 2.45) is 5.73 Å². The lowest BCUT2D eigenvalue weighted by Crippen LogP contribution is -2.20. The highest BCUT2D eigenvalue weighted by Crippen LogP contribution is 2.17. The molecule has 0 aliphatic carbocycles. The van der Waals surface area contributed by atoms with Crippen molar-refractivity contribution in [1.82, 2.24) is 0 Å². The van der Waals surface area contributed by atoms with Crippen LogP contribution in [-0.2, 0) is 4.79 Å². The summed E-state index contributed by atoms with van der Waals surface area (Å²) in [6.45, 7) is 3.87. The fraction of sp³-hybridized carbons (Fsp3) is 0.235. The normalized spacial score (nSPS) is 11.8. The smallest absolute Gasteiger partial charge is 0.262 e. The van der Waals surface area contributed by atoms with Gasteiger partial charge in [0.2, 0.25) is 0 Å². The molecular weight excluding hydrogens is 264 g/mol. The van der Waals surface area contributed by atoms with Crippen LogP contribution in [0.2, 0.25) is 0 Å². The first kappa shape index (κ1) is 15.1. The molecule has 0 bridgehead atoms. The second-order valence-corrected chi connectivity index (χ2v) is 5.06. The van der Waals surface area contributed by atoms with Gasteiger partial charge < -0.3 is 15.8 Å². The fourth-order valence-corrected chi connectivity index (χ4v) is 1.87. The van der Waals surface area contributed by atoms with E-state index in [9.17, 15) is 4.79 Å². The summed E-state index contributed by atoms with van der Waals surface area (Å²) in [4.78, 5) is 11.8. The lowest BCUT2D eigenvalue weighted by atomic mass is 10.1. The summed E-state index contributed by atoms with van der Waals surface area (Å²) in [5.41, 5.74) is 8.71. The highest BCUT2D eigenvalue weighted by molar-refractivity contribution is 5.91. The molecule has 21 heavy (non-hydrogen) atoms. The first-order chi connectivity index (χ1) is 10.0. The van der Waals surface area contributed by atoms with Gasteiger partial charge in [0.15, 0.2) is 6.61 Å². The molecular formula is C17H20N2O2. The number of ether oxygens (including phenoxy) is 1. The lowest BCUT2D eigenvalue weighted by Gasteiger charge is -2.10. The standard InChI is InChI=1S/C17H20N2O2/c1-12-6-8-15(9-7-12)19-17(20)11-21-16-5-3-4-14(10-16)13(2)18/h3-10,13H,11,18H2,1-2H3,(H,19,20). The van der Waals surface area contributed by atoms with Crippen molar-refractivity contribution in [1.29, 1.82) is 0 Å². The van der Waals surface area contributed by atoms with Gasteiger partial charge in [-0.15, -0.1) is 0 Å². The van der Waals surface area contributed by atoms with Gasteiger partial charge in [-0.3, -0.25) is 4.79 Å². The van der Waals surface area contributed by atoms with E-state index >= 15 is 0 Å². The third kappa shape index (κ3) is 4.61. The zero-order valence-corrected chi connectivity index (χ0v) is 12.3. The highest BCUT2D eigenvalue weighted by Gasteiger charge is 2.05. The van der Waals surface area contributed by atoms with E-state index in [4.69, 9.17) is 10.5 Å². The minimum atomic E-state index is -0.190. The van der Waals surface area contributed by atoms with Gasteiger partial charge in [0.1, 0.15) is 5.75 Å². The average molecular weight is 284 g/mol. The van der Waals surface area contributed by atoms with E-state index in [1.807, 2.05) is 62.4 Å². The molecule has 4 nitrogen and oxygen atoms in total. The molecule has 0 spiro atoms. The predicted octanol–water partition coefficient (Wildman–Crippen LogP) is 3.03. The third-order valence-electron chi connectivity index (χ3n) is 3.09. The number of nitrogens with one attached hydrogen (secondary N) is 1. The van der Waals surface area contributed by atoms with Crippen LogP contribution in [0.1, 0.15) is 24.1 Å². The number of aryl methyl sites for hydroxylation is 1. The number of carbonyl (C=O) groups is 1. The Bertz CT molecular complexity index is 606. The first-order valence-corrected chi connectivity index (χ1v) is 6.89. The Balaban J connectivity index is 1.89. The monoisotopic (exact) mass is 284 g/mol. The zero-order chi connectivity index (χ0) is 15.2. The molecule has 4 heteroatoms. The third-order valence-corrected chi connectivity index (χ3v) is 3.09. The van der Waals surface area contributed by atoms with Gasteiger partial charge in [0, 0.05) is 11.7 Å². The topological polar surface area (TPSA) is 64.3 Å². The minimum absolute atomic E-state index is 0.0315. The van der Waals surface area contributed by atoms with Gasteiger partial charge in [0.05, 0.1) is 0 Å². The Hall–Kier alpha value is -2.33. The molecule has 0 aliphatic rings. The Labute approximate surface area is 124 Å². The number of nitrogens with two attached hydrogens (primary N) is 1. The molecule has 1 amide bonds. The zero-order valence-electron chi connectivity index (χ0n) is 12.3. The van der Waals surface area contributed by atoms with Crippen molar-refractivity contribution < 1.29 is 9.53 Å². The van der Waals surface area contributed by atoms with Gasteiger partial charge in [0.25, 0.3) is 5.91 Å². The van der Waals surface area contributed by atoms with Crippen molar-refractivity contribution in [3.8, 4) is 5.75 Å². The summed E-state index contributed by atoms with van der Waals surface area (Å²) < 4.78 is 5.49. The van der Waals surface area contributed by atoms with Crippen molar-refractivity contribution in [3.05, 3.63) is 59.7 Å². The molecule has 1 unspecified atom stereocenters. The predicted molar refractivity (Wildman–Crippen MR) is 84.3 cm³/mol. The largest absolute Gasteiger partial charge is 0.484 e. The van der Waals surface area contributed by atoms with Gasteiger partial charge in [-0.05, 0) is 43.7 Å². The van der Waals surface area contributed by atoms with Crippen molar-refractivity contribution in [2.45, 2.75) is 19.9 Å². The molecule has 0 radical (unpaired) electrons. The molecule has 3 N–H and O–H groups in total. The van der Waals surface area contributed by atoms with Crippen LogP contribution in [0.3, 0.4) is 0 Å². The highest BCUT2D eigenvalue weighted by atomic mass is 16.5. The van der Waals surface area contributed by atoms with Crippen molar-refractivity contribution in [3.63, 3.8) is 0 Å². The van der Waals surface area contributed by atoms with E-state index in [1.165, 1.54) is 0 Å². The maximum atomic E-state index is 11.8. The van der Waals surface area contributed by atoms with E-state index in [0.29, 0.717) is 5.75 Å². The number of rotatable bonds is 5. The van der Waals surface area contributed by atoms with E-state index in [2.05, 4.69) is 5.32 Å². The van der Waals surface area contributed by atoms with E-state index < -0.39 is 0 Å². The Morgan fingerprint density at radius 3 is 2.62 bits per heavy atom. The molecule has 1 atom stereocenters. The van der Waals surface area contributed by atoms with E-state index in [0.717, 1.165) is 16.8 Å². The minimum Gasteiger partial charge on any atom is -0.484 e. The number of hydrogen-bond donors (Lipinski definition) is 2. The van der Waals surface area contributed by atoms with E-state index in [-0.39, 0.29) is 18.6 Å². The van der Waals surface area contributed by atoms with Gasteiger partial charge in [-0.1, -0.05) is 29.8 Å². The van der Waals surface area contributed by atoms with Crippen molar-refractivity contribution in [2.75, 3.05) is 11.9 Å². The van der Waals surface area contributed by atoms with E-state index in [1.54, 1.807) is 0 Å². The van der Waals surface area contributed by atoms with Crippen LogP contribution >= 0.6 is 0 Å². The van der Waals surface area contributed by atoms with Crippen LogP contribution in [0, 0.1) is 6.92 Å². The van der Waals surface area contributed by atoms with Crippen LogP contribution in [0.15, 0.2) is 48.5 Å². The maximum absolute atomic E-state index is 11.8. The van der Waals surface area contributed by atoms with Gasteiger partial charge in [-0.2, -0.15) is 0 Å². The summed E-state index contributed by atoms with van der Waals surface area (Å²) in [6.07, 6.45) is 0. The summed E-state index contributed by atoms with van der Waals surface area (Å²) in [6, 6.07) is 15.0. The van der Waals surface area contributed by atoms with Crippen LogP contribution in [0.25, 0.3) is 0 Å². The Morgan fingerprint density at radius 1 is 1.24 bits per heavy atom. The molecule has 2 aromatic carbocycles. The van der Waals surface area contributed by atoms with Crippen LogP contribution < -0.4 is 15.8 Å². The average Bonchev–Trinajstić information content (AvgIpc) is 2.48. The van der Waals surface area contributed by atoms with Gasteiger partial charge >= 0.3 is 0 Å². The number of amides is 1. The Kier molecular flexibility index (Phi) is 4.95. The molecule has 2 rings (SSSR count). The van der Waals surface area contributed by atoms with Crippen LogP contribution in [0.5, 0.6) is 5.75 Å². The SMILES string of the molecule is Cc1ccc(NC(=O)COc2cccc(C(C)N)c2)cc1. The second kappa shape index (κ2) is 6.90. The maximum Gasteiger partial charge on any atom is 0.262 e.